The summed E-state index contributed by atoms with van der Waals surface area (Å²) in [4.78, 5) is 1.39. The molecule has 1 heterocycles. The SMILES string of the molecule is Cc1cccc(C(O)Cc2nnn(C)n2)c1I. The van der Waals surface area contributed by atoms with Gasteiger partial charge in [-0.25, -0.2) is 0 Å². The van der Waals surface area contributed by atoms with Gasteiger partial charge in [-0.3, -0.25) is 0 Å². The van der Waals surface area contributed by atoms with Crippen molar-refractivity contribution in [1.29, 1.82) is 0 Å². The molecule has 0 aliphatic rings. The minimum absolute atomic E-state index is 0.382. The first-order valence-corrected chi connectivity index (χ1v) is 6.31. The van der Waals surface area contributed by atoms with Crippen LogP contribution in [0.4, 0.5) is 0 Å². The standard InChI is InChI=1S/C11H13IN4O/c1-7-4-3-5-8(11(7)12)9(17)6-10-13-15-16(2)14-10/h3-5,9,17H,6H2,1-2H3. The number of halogens is 1. The van der Waals surface area contributed by atoms with Gasteiger partial charge in [-0.1, -0.05) is 18.2 Å². The molecule has 1 aromatic heterocycles. The van der Waals surface area contributed by atoms with E-state index >= 15 is 0 Å². The summed E-state index contributed by atoms with van der Waals surface area (Å²) in [5, 5.41) is 21.8. The van der Waals surface area contributed by atoms with E-state index in [4.69, 9.17) is 0 Å². The fourth-order valence-electron chi connectivity index (χ4n) is 1.62. The van der Waals surface area contributed by atoms with Gasteiger partial charge in [0.05, 0.1) is 13.2 Å². The van der Waals surface area contributed by atoms with Crippen molar-refractivity contribution in [3.63, 3.8) is 0 Å². The molecule has 0 saturated heterocycles. The lowest BCUT2D eigenvalue weighted by Crippen LogP contribution is -2.06. The second-order valence-electron chi connectivity index (χ2n) is 3.89. The Hall–Kier alpha value is -1.02. The first kappa shape index (κ1) is 12.4. The van der Waals surface area contributed by atoms with E-state index in [9.17, 15) is 5.11 Å². The van der Waals surface area contributed by atoms with Gasteiger partial charge in [-0.15, -0.1) is 10.2 Å². The molecule has 0 saturated carbocycles. The van der Waals surface area contributed by atoms with Crippen LogP contribution in [-0.2, 0) is 13.5 Å². The molecule has 0 amide bonds. The number of nitrogens with zero attached hydrogens (tertiary/aromatic N) is 4. The highest BCUT2D eigenvalue weighted by atomic mass is 127. The Bertz CT molecular complexity index is 526. The van der Waals surface area contributed by atoms with Crippen molar-refractivity contribution < 1.29 is 5.11 Å². The number of aliphatic hydroxyl groups excluding tert-OH is 1. The summed E-state index contributed by atoms with van der Waals surface area (Å²) < 4.78 is 1.08. The molecule has 6 heteroatoms. The Balaban J connectivity index is 2.20. The molecule has 0 bridgehead atoms. The molecule has 1 atom stereocenters. The molecule has 90 valence electrons. The molecule has 0 radical (unpaired) electrons. The predicted molar refractivity (Wildman–Crippen MR) is 71.4 cm³/mol. The first-order valence-electron chi connectivity index (χ1n) is 5.24. The highest BCUT2D eigenvalue weighted by Crippen LogP contribution is 2.24. The maximum atomic E-state index is 10.2. The predicted octanol–water partition coefficient (Wildman–Crippen LogP) is 1.40. The fourth-order valence-corrected chi connectivity index (χ4v) is 2.33. The quantitative estimate of drug-likeness (QED) is 0.855. The maximum Gasteiger partial charge on any atom is 0.177 e. The molecule has 0 fully saturated rings. The van der Waals surface area contributed by atoms with Crippen LogP contribution in [0.5, 0.6) is 0 Å². The van der Waals surface area contributed by atoms with Crippen LogP contribution in [0.25, 0.3) is 0 Å². The van der Waals surface area contributed by atoms with Gasteiger partial charge in [0.2, 0.25) is 0 Å². The number of tetrazole rings is 1. The number of benzene rings is 1. The summed E-state index contributed by atoms with van der Waals surface area (Å²) in [5.74, 6) is 0.553. The van der Waals surface area contributed by atoms with Gasteiger partial charge in [-0.2, -0.15) is 4.80 Å². The van der Waals surface area contributed by atoms with Crippen LogP contribution >= 0.6 is 22.6 Å². The third-order valence-corrected chi connectivity index (χ3v) is 3.98. The third kappa shape index (κ3) is 2.81. The van der Waals surface area contributed by atoms with Crippen molar-refractivity contribution >= 4 is 22.6 Å². The fraction of sp³-hybridized carbons (Fsp3) is 0.364. The zero-order chi connectivity index (χ0) is 12.4. The average Bonchev–Trinajstić information content (AvgIpc) is 2.68. The van der Waals surface area contributed by atoms with Gasteiger partial charge < -0.3 is 5.11 Å². The molecule has 0 aliphatic heterocycles. The largest absolute Gasteiger partial charge is 0.388 e. The zero-order valence-electron chi connectivity index (χ0n) is 9.63. The number of aliphatic hydroxyl groups is 1. The van der Waals surface area contributed by atoms with Gasteiger partial charge in [0, 0.05) is 9.99 Å². The van der Waals surface area contributed by atoms with Gasteiger partial charge in [0.15, 0.2) is 5.82 Å². The number of hydrogen-bond acceptors (Lipinski definition) is 4. The van der Waals surface area contributed by atoms with Crippen LogP contribution in [0.1, 0.15) is 23.1 Å². The summed E-state index contributed by atoms with van der Waals surface area (Å²) in [6.45, 7) is 2.03. The highest BCUT2D eigenvalue weighted by molar-refractivity contribution is 14.1. The minimum Gasteiger partial charge on any atom is -0.388 e. The minimum atomic E-state index is -0.592. The molecule has 2 aromatic rings. The molecule has 2 rings (SSSR count). The molecule has 1 N–H and O–H groups in total. The molecule has 1 unspecified atom stereocenters. The van der Waals surface area contributed by atoms with Gasteiger partial charge >= 0.3 is 0 Å². The van der Waals surface area contributed by atoms with Crippen molar-refractivity contribution in [3.05, 3.63) is 38.7 Å². The van der Waals surface area contributed by atoms with Crippen LogP contribution in [0.3, 0.4) is 0 Å². The summed E-state index contributed by atoms with van der Waals surface area (Å²) in [7, 11) is 1.71. The van der Waals surface area contributed by atoms with Crippen LogP contribution in [0, 0.1) is 10.5 Å². The molecule has 0 spiro atoms. The van der Waals surface area contributed by atoms with Gasteiger partial charge in [0.25, 0.3) is 0 Å². The summed E-state index contributed by atoms with van der Waals surface area (Å²) in [6, 6.07) is 5.90. The molecular formula is C11H13IN4O. The number of aryl methyl sites for hydroxylation is 2. The Labute approximate surface area is 113 Å². The van der Waals surface area contributed by atoms with Gasteiger partial charge in [-0.05, 0) is 45.9 Å². The van der Waals surface area contributed by atoms with E-state index in [1.54, 1.807) is 7.05 Å². The van der Waals surface area contributed by atoms with E-state index in [-0.39, 0.29) is 0 Å². The topological polar surface area (TPSA) is 63.8 Å². The second kappa shape index (κ2) is 5.09. The number of hydrogen-bond donors (Lipinski definition) is 1. The number of aromatic nitrogens is 4. The normalized spacial score (nSPS) is 12.7. The van der Waals surface area contributed by atoms with E-state index in [0.29, 0.717) is 12.2 Å². The van der Waals surface area contributed by atoms with Crippen molar-refractivity contribution in [2.45, 2.75) is 19.4 Å². The third-order valence-electron chi connectivity index (χ3n) is 2.51. The Morgan fingerprint density at radius 2 is 2.24 bits per heavy atom. The Kier molecular flexibility index (Phi) is 3.72. The molecule has 1 aromatic carbocycles. The Morgan fingerprint density at radius 1 is 1.47 bits per heavy atom. The first-order chi connectivity index (χ1) is 8.08. The van der Waals surface area contributed by atoms with Crippen molar-refractivity contribution in [3.8, 4) is 0 Å². The lowest BCUT2D eigenvalue weighted by atomic mass is 10.0. The van der Waals surface area contributed by atoms with Crippen LogP contribution in [-0.4, -0.2) is 25.3 Å². The lowest BCUT2D eigenvalue weighted by molar-refractivity contribution is 0.175. The summed E-state index contributed by atoms with van der Waals surface area (Å²) in [5.41, 5.74) is 2.08. The molecule has 17 heavy (non-hydrogen) atoms. The zero-order valence-corrected chi connectivity index (χ0v) is 11.8. The van der Waals surface area contributed by atoms with Gasteiger partial charge in [0.1, 0.15) is 0 Å². The highest BCUT2D eigenvalue weighted by Gasteiger charge is 2.15. The van der Waals surface area contributed by atoms with E-state index in [0.717, 1.165) is 14.7 Å². The second-order valence-corrected chi connectivity index (χ2v) is 4.97. The van der Waals surface area contributed by atoms with Crippen molar-refractivity contribution in [1.82, 2.24) is 20.2 Å². The lowest BCUT2D eigenvalue weighted by Gasteiger charge is -2.12. The number of rotatable bonds is 3. The Morgan fingerprint density at radius 3 is 2.88 bits per heavy atom. The van der Waals surface area contributed by atoms with Crippen LogP contribution in [0.2, 0.25) is 0 Å². The smallest absolute Gasteiger partial charge is 0.177 e. The monoisotopic (exact) mass is 344 g/mol. The van der Waals surface area contributed by atoms with Crippen molar-refractivity contribution in [2.75, 3.05) is 0 Å². The molecule has 5 nitrogen and oxygen atoms in total. The summed E-state index contributed by atoms with van der Waals surface area (Å²) >= 11 is 2.25. The van der Waals surface area contributed by atoms with E-state index in [1.165, 1.54) is 4.80 Å². The molecule has 0 aliphatic carbocycles. The van der Waals surface area contributed by atoms with E-state index < -0.39 is 6.10 Å². The van der Waals surface area contributed by atoms with Crippen LogP contribution in [0.15, 0.2) is 18.2 Å². The van der Waals surface area contributed by atoms with Crippen LogP contribution < -0.4 is 0 Å². The maximum absolute atomic E-state index is 10.2. The van der Waals surface area contributed by atoms with E-state index in [2.05, 4.69) is 38.0 Å². The molecular weight excluding hydrogens is 331 g/mol. The average molecular weight is 344 g/mol. The van der Waals surface area contributed by atoms with Crippen molar-refractivity contribution in [2.24, 2.45) is 7.05 Å². The van der Waals surface area contributed by atoms with E-state index in [1.807, 2.05) is 25.1 Å². The summed E-state index contributed by atoms with van der Waals surface area (Å²) in [6.07, 6.45) is -0.209.